The van der Waals surface area contributed by atoms with Gasteiger partial charge >= 0.3 is 0 Å². The van der Waals surface area contributed by atoms with E-state index in [1.807, 2.05) is 11.0 Å². The highest BCUT2D eigenvalue weighted by atomic mass is 16.6. The minimum Gasteiger partial charge on any atom is -0.496 e. The van der Waals surface area contributed by atoms with Crippen molar-refractivity contribution in [2.45, 2.75) is 19.4 Å². The molecule has 2 aromatic rings. The van der Waals surface area contributed by atoms with Crippen molar-refractivity contribution in [3.05, 3.63) is 63.2 Å². The van der Waals surface area contributed by atoms with Gasteiger partial charge in [-0.15, -0.1) is 0 Å². The van der Waals surface area contributed by atoms with Crippen molar-refractivity contribution in [1.82, 2.24) is 9.80 Å². The summed E-state index contributed by atoms with van der Waals surface area (Å²) in [5, 5.41) is 10.8. The lowest BCUT2D eigenvalue weighted by atomic mass is 9.95. The first-order valence-electron chi connectivity index (χ1n) is 10.6. The van der Waals surface area contributed by atoms with E-state index in [0.29, 0.717) is 13.1 Å². The Hall–Kier alpha value is -3.13. The number of hydrogen-bond acceptors (Lipinski definition) is 6. The molecule has 0 N–H and O–H groups in total. The van der Waals surface area contributed by atoms with E-state index in [1.54, 1.807) is 19.2 Å². The first-order valence-corrected chi connectivity index (χ1v) is 10.6. The number of nitrogens with zero attached hydrogens (tertiary/aromatic N) is 4. The molecule has 31 heavy (non-hydrogen) atoms. The van der Waals surface area contributed by atoms with Crippen LogP contribution in [0.2, 0.25) is 0 Å². The SMILES string of the molecule is COc1ccc(N2CCN(C)CC2)c2c1CCN(C(=O)Cc1ccc([N+](=O)[O-])cc1)C2. The molecule has 8 heteroatoms. The van der Waals surface area contributed by atoms with Gasteiger partial charge in [-0.25, -0.2) is 0 Å². The molecule has 0 aliphatic carbocycles. The Kier molecular flexibility index (Phi) is 6.08. The minimum absolute atomic E-state index is 0.0339. The van der Waals surface area contributed by atoms with Crippen molar-refractivity contribution in [2.24, 2.45) is 0 Å². The van der Waals surface area contributed by atoms with Gasteiger partial charge in [0.25, 0.3) is 5.69 Å². The van der Waals surface area contributed by atoms with Gasteiger partial charge in [0.05, 0.1) is 18.5 Å². The number of likely N-dealkylation sites (N-methyl/N-ethyl adjacent to an activating group) is 1. The van der Waals surface area contributed by atoms with Crippen molar-refractivity contribution in [3.63, 3.8) is 0 Å². The summed E-state index contributed by atoms with van der Waals surface area (Å²) < 4.78 is 5.61. The zero-order valence-corrected chi connectivity index (χ0v) is 18.0. The molecular weight excluding hydrogens is 396 g/mol. The van der Waals surface area contributed by atoms with Gasteiger partial charge in [0, 0.05) is 68.2 Å². The van der Waals surface area contributed by atoms with Crippen molar-refractivity contribution < 1.29 is 14.5 Å². The third-order valence-corrected chi connectivity index (χ3v) is 6.26. The quantitative estimate of drug-likeness (QED) is 0.542. The molecule has 2 aliphatic heterocycles. The molecule has 0 atom stereocenters. The molecule has 0 bridgehead atoms. The van der Waals surface area contributed by atoms with Gasteiger partial charge in [-0.2, -0.15) is 0 Å². The fourth-order valence-electron chi connectivity index (χ4n) is 4.40. The predicted octanol–water partition coefficient (Wildman–Crippen LogP) is 2.48. The molecule has 0 spiro atoms. The molecule has 1 amide bonds. The number of piperazine rings is 1. The Morgan fingerprint density at radius 3 is 2.39 bits per heavy atom. The van der Waals surface area contributed by atoms with E-state index in [1.165, 1.54) is 28.9 Å². The summed E-state index contributed by atoms with van der Waals surface area (Å²) >= 11 is 0. The van der Waals surface area contributed by atoms with Gasteiger partial charge in [-0.05, 0) is 31.2 Å². The normalized spacial score (nSPS) is 16.7. The first kappa shape index (κ1) is 21.1. The monoisotopic (exact) mass is 424 g/mol. The number of methoxy groups -OCH3 is 1. The molecule has 164 valence electrons. The number of non-ortho nitro benzene ring substituents is 1. The molecule has 2 aromatic carbocycles. The molecule has 8 nitrogen and oxygen atoms in total. The number of nitro groups is 1. The molecule has 2 heterocycles. The Morgan fingerprint density at radius 2 is 1.74 bits per heavy atom. The zero-order valence-electron chi connectivity index (χ0n) is 18.0. The van der Waals surface area contributed by atoms with Crippen LogP contribution in [0.5, 0.6) is 5.75 Å². The second-order valence-electron chi connectivity index (χ2n) is 8.20. The number of anilines is 1. The Morgan fingerprint density at radius 1 is 1.03 bits per heavy atom. The van der Waals surface area contributed by atoms with Gasteiger partial charge in [0.15, 0.2) is 0 Å². The Bertz CT molecular complexity index is 968. The maximum Gasteiger partial charge on any atom is 0.269 e. The lowest BCUT2D eigenvalue weighted by Crippen LogP contribution is -2.45. The summed E-state index contributed by atoms with van der Waals surface area (Å²) in [5.41, 5.74) is 4.38. The number of carbonyl (C=O) groups excluding carboxylic acids is 1. The second-order valence-corrected chi connectivity index (χ2v) is 8.20. The standard InChI is InChI=1S/C23H28N4O4/c1-24-11-13-25(14-12-24)21-7-8-22(31-2)19-9-10-26(16-20(19)21)23(28)15-17-3-5-18(6-4-17)27(29)30/h3-8H,9-16H2,1-2H3. The summed E-state index contributed by atoms with van der Waals surface area (Å²) in [6, 6.07) is 10.4. The van der Waals surface area contributed by atoms with E-state index < -0.39 is 4.92 Å². The molecule has 1 fully saturated rings. The van der Waals surface area contributed by atoms with E-state index in [2.05, 4.69) is 22.9 Å². The first-order chi connectivity index (χ1) is 15.0. The number of carbonyl (C=O) groups is 1. The van der Waals surface area contributed by atoms with Gasteiger partial charge in [-0.3, -0.25) is 14.9 Å². The second kappa shape index (κ2) is 8.93. The van der Waals surface area contributed by atoms with Crippen LogP contribution in [0.15, 0.2) is 36.4 Å². The summed E-state index contributed by atoms with van der Waals surface area (Å²) in [5.74, 6) is 0.919. The van der Waals surface area contributed by atoms with E-state index in [0.717, 1.165) is 43.9 Å². The number of benzene rings is 2. The van der Waals surface area contributed by atoms with E-state index in [4.69, 9.17) is 4.74 Å². The third-order valence-electron chi connectivity index (χ3n) is 6.26. The van der Waals surface area contributed by atoms with Crippen LogP contribution in [-0.2, 0) is 24.2 Å². The van der Waals surface area contributed by atoms with Crippen LogP contribution in [0.25, 0.3) is 0 Å². The molecule has 0 radical (unpaired) electrons. The highest BCUT2D eigenvalue weighted by molar-refractivity contribution is 5.80. The summed E-state index contributed by atoms with van der Waals surface area (Å²) in [6.45, 7) is 5.16. The predicted molar refractivity (Wildman–Crippen MR) is 119 cm³/mol. The molecule has 2 aliphatic rings. The highest BCUT2D eigenvalue weighted by Gasteiger charge is 2.28. The van der Waals surface area contributed by atoms with Crippen LogP contribution < -0.4 is 9.64 Å². The number of ether oxygens (including phenoxy) is 1. The van der Waals surface area contributed by atoms with Gasteiger partial charge < -0.3 is 19.4 Å². The van der Waals surface area contributed by atoms with Gasteiger partial charge in [0.1, 0.15) is 5.75 Å². The molecule has 1 saturated heterocycles. The zero-order chi connectivity index (χ0) is 22.0. The van der Waals surface area contributed by atoms with Crippen LogP contribution in [0.3, 0.4) is 0 Å². The number of nitro benzene ring substituents is 1. The van der Waals surface area contributed by atoms with E-state index >= 15 is 0 Å². The maximum absolute atomic E-state index is 13.0. The number of hydrogen-bond donors (Lipinski definition) is 0. The lowest BCUT2D eigenvalue weighted by Gasteiger charge is -2.38. The van der Waals surface area contributed by atoms with Crippen molar-refractivity contribution in [1.29, 1.82) is 0 Å². The van der Waals surface area contributed by atoms with E-state index in [-0.39, 0.29) is 18.0 Å². The summed E-state index contributed by atoms with van der Waals surface area (Å²) in [7, 11) is 3.83. The van der Waals surface area contributed by atoms with Crippen molar-refractivity contribution >= 4 is 17.3 Å². The van der Waals surface area contributed by atoms with E-state index in [9.17, 15) is 14.9 Å². The molecule has 0 saturated carbocycles. The van der Waals surface area contributed by atoms with Gasteiger partial charge in [0.2, 0.25) is 5.91 Å². The molecule has 0 unspecified atom stereocenters. The van der Waals surface area contributed by atoms with Crippen LogP contribution in [0.1, 0.15) is 16.7 Å². The van der Waals surface area contributed by atoms with Crippen molar-refractivity contribution in [2.75, 3.05) is 51.8 Å². The summed E-state index contributed by atoms with van der Waals surface area (Å²) in [4.78, 5) is 30.1. The fraction of sp³-hybridized carbons (Fsp3) is 0.435. The van der Waals surface area contributed by atoms with Crippen LogP contribution >= 0.6 is 0 Å². The largest absolute Gasteiger partial charge is 0.496 e. The topological polar surface area (TPSA) is 79.2 Å². The molecule has 4 rings (SSSR count). The number of rotatable bonds is 5. The number of fused-ring (bicyclic) bond motifs is 1. The Balaban J connectivity index is 1.53. The maximum atomic E-state index is 13.0. The molecule has 0 aromatic heterocycles. The van der Waals surface area contributed by atoms with Crippen LogP contribution in [0, 0.1) is 10.1 Å². The lowest BCUT2D eigenvalue weighted by molar-refractivity contribution is -0.384. The highest BCUT2D eigenvalue weighted by Crippen LogP contribution is 2.36. The fourth-order valence-corrected chi connectivity index (χ4v) is 4.40. The number of amides is 1. The van der Waals surface area contributed by atoms with Crippen LogP contribution in [-0.4, -0.2) is 67.5 Å². The average Bonchev–Trinajstić information content (AvgIpc) is 2.79. The summed E-state index contributed by atoms with van der Waals surface area (Å²) in [6.07, 6.45) is 0.993. The van der Waals surface area contributed by atoms with Crippen LogP contribution in [0.4, 0.5) is 11.4 Å². The third kappa shape index (κ3) is 4.49. The average molecular weight is 425 g/mol. The minimum atomic E-state index is -0.430. The van der Waals surface area contributed by atoms with Gasteiger partial charge in [-0.1, -0.05) is 12.1 Å². The molecular formula is C23H28N4O4. The van der Waals surface area contributed by atoms with Crippen molar-refractivity contribution in [3.8, 4) is 5.75 Å². The smallest absolute Gasteiger partial charge is 0.269 e. The Labute approximate surface area is 182 Å².